The molecule has 0 aromatic heterocycles. The minimum atomic E-state index is -0.207. The first-order valence-electron chi connectivity index (χ1n) is 7.68. The first kappa shape index (κ1) is 17.1. The van der Waals surface area contributed by atoms with Gasteiger partial charge in [-0.2, -0.15) is 0 Å². The zero-order valence-corrected chi connectivity index (χ0v) is 14.7. The van der Waals surface area contributed by atoms with E-state index >= 15 is 0 Å². The predicted molar refractivity (Wildman–Crippen MR) is 97.9 cm³/mol. The molecule has 0 fully saturated rings. The number of benzene rings is 2. The number of carbonyl (C=O) groups is 1. The van der Waals surface area contributed by atoms with Crippen molar-refractivity contribution in [2.75, 3.05) is 20.8 Å². The smallest absolute Gasteiger partial charge is 0.189 e. The summed E-state index contributed by atoms with van der Waals surface area (Å²) >= 11 is 6.12. The van der Waals surface area contributed by atoms with Crippen molar-refractivity contribution < 1.29 is 19.0 Å². The summed E-state index contributed by atoms with van der Waals surface area (Å²) in [5, 5.41) is 0.356. The minimum Gasteiger partial charge on any atom is -0.496 e. The van der Waals surface area contributed by atoms with Crippen LogP contribution in [0.3, 0.4) is 0 Å². The van der Waals surface area contributed by atoms with Crippen LogP contribution in [0.1, 0.15) is 15.9 Å². The first-order chi connectivity index (χ1) is 12.1. The summed E-state index contributed by atoms with van der Waals surface area (Å²) in [7, 11) is 3.01. The third-order valence-corrected chi connectivity index (χ3v) is 4.14. The Balaban J connectivity index is 1.84. The quantitative estimate of drug-likeness (QED) is 0.581. The van der Waals surface area contributed by atoms with Crippen LogP contribution in [0.15, 0.2) is 54.1 Å². The second kappa shape index (κ2) is 7.45. The monoisotopic (exact) mass is 356 g/mol. The van der Waals surface area contributed by atoms with Crippen LogP contribution in [0.2, 0.25) is 5.02 Å². The van der Waals surface area contributed by atoms with Crippen LogP contribution in [0.4, 0.5) is 0 Å². The molecule has 0 saturated carbocycles. The Bertz CT molecular complexity index is 868. The summed E-state index contributed by atoms with van der Waals surface area (Å²) in [5.74, 6) is 1.50. The summed E-state index contributed by atoms with van der Waals surface area (Å²) in [6.45, 7) is 0.418. The third-order valence-electron chi connectivity index (χ3n) is 3.84. The summed E-state index contributed by atoms with van der Waals surface area (Å²) in [6.07, 6.45) is 5.24. The molecule has 0 atom stereocenters. The van der Waals surface area contributed by atoms with Crippen molar-refractivity contribution in [2.45, 2.75) is 0 Å². The molecule has 2 aromatic carbocycles. The number of hydrogen-bond donors (Lipinski definition) is 0. The van der Waals surface area contributed by atoms with E-state index in [0.717, 1.165) is 16.9 Å². The maximum Gasteiger partial charge on any atom is 0.189 e. The van der Waals surface area contributed by atoms with Gasteiger partial charge in [0.05, 0.1) is 24.8 Å². The van der Waals surface area contributed by atoms with E-state index in [0.29, 0.717) is 28.7 Å². The van der Waals surface area contributed by atoms with Gasteiger partial charge in [-0.25, -0.2) is 0 Å². The maximum absolute atomic E-state index is 12.5. The highest BCUT2D eigenvalue weighted by Crippen LogP contribution is 2.33. The molecule has 128 valence electrons. The Kier molecular flexibility index (Phi) is 5.10. The molecule has 0 N–H and O–H groups in total. The van der Waals surface area contributed by atoms with Crippen LogP contribution < -0.4 is 14.2 Å². The van der Waals surface area contributed by atoms with Crippen LogP contribution in [0.25, 0.3) is 6.08 Å². The highest BCUT2D eigenvalue weighted by molar-refractivity contribution is 6.32. The second-order valence-electron chi connectivity index (χ2n) is 5.43. The Hall–Kier alpha value is -2.72. The van der Waals surface area contributed by atoms with Crippen molar-refractivity contribution >= 4 is 23.5 Å². The highest BCUT2D eigenvalue weighted by Gasteiger charge is 2.15. The van der Waals surface area contributed by atoms with E-state index in [4.69, 9.17) is 25.8 Å². The van der Waals surface area contributed by atoms with Crippen molar-refractivity contribution in [3.8, 4) is 17.2 Å². The van der Waals surface area contributed by atoms with Crippen LogP contribution in [0, 0.1) is 0 Å². The molecule has 0 unspecified atom stereocenters. The van der Waals surface area contributed by atoms with E-state index in [1.807, 2.05) is 30.3 Å². The number of fused-ring (bicyclic) bond motifs is 1. The standard InChI is InChI=1S/C20H17ClO4/c1-23-19-11-20(24-2)16(21)10-15(19)17(22)8-7-13-9-14-5-3-4-6-18(14)25-12-13/h3-11H,12H2,1-2H3/b8-7+. The summed E-state index contributed by atoms with van der Waals surface area (Å²) in [6, 6.07) is 10.9. The van der Waals surface area contributed by atoms with E-state index in [1.165, 1.54) is 20.3 Å². The molecule has 0 aliphatic carbocycles. The molecular formula is C20H17ClO4. The molecule has 2 aromatic rings. The van der Waals surface area contributed by atoms with E-state index in [9.17, 15) is 4.79 Å². The van der Waals surface area contributed by atoms with E-state index in [-0.39, 0.29) is 5.78 Å². The highest BCUT2D eigenvalue weighted by atomic mass is 35.5. The van der Waals surface area contributed by atoms with Crippen molar-refractivity contribution in [3.63, 3.8) is 0 Å². The molecule has 4 nitrogen and oxygen atoms in total. The summed E-state index contributed by atoms with van der Waals surface area (Å²) < 4.78 is 16.1. The minimum absolute atomic E-state index is 0.207. The molecule has 1 aliphatic rings. The summed E-state index contributed by atoms with van der Waals surface area (Å²) in [5.41, 5.74) is 2.28. The van der Waals surface area contributed by atoms with Gasteiger partial charge in [-0.05, 0) is 29.9 Å². The van der Waals surface area contributed by atoms with Crippen LogP contribution in [-0.2, 0) is 0 Å². The topological polar surface area (TPSA) is 44.8 Å². The summed E-state index contributed by atoms with van der Waals surface area (Å²) in [4.78, 5) is 12.5. The fourth-order valence-electron chi connectivity index (χ4n) is 2.56. The molecule has 1 aliphatic heterocycles. The zero-order valence-electron chi connectivity index (χ0n) is 13.9. The number of ether oxygens (including phenoxy) is 3. The van der Waals surface area contributed by atoms with Gasteiger partial charge in [0.2, 0.25) is 0 Å². The second-order valence-corrected chi connectivity index (χ2v) is 5.84. The van der Waals surface area contributed by atoms with Gasteiger partial charge in [0, 0.05) is 11.6 Å². The SMILES string of the molecule is COc1cc(OC)c(C(=O)/C=C/C2=Cc3ccccc3OC2)cc1Cl. The van der Waals surface area contributed by atoms with Crippen molar-refractivity contribution in [1.29, 1.82) is 0 Å². The number of para-hydroxylation sites is 1. The van der Waals surface area contributed by atoms with Crippen molar-refractivity contribution in [1.82, 2.24) is 0 Å². The molecular weight excluding hydrogens is 340 g/mol. The zero-order chi connectivity index (χ0) is 17.8. The van der Waals surface area contributed by atoms with Gasteiger partial charge in [0.25, 0.3) is 0 Å². The van der Waals surface area contributed by atoms with Crippen LogP contribution >= 0.6 is 11.6 Å². The number of methoxy groups -OCH3 is 2. The molecule has 3 rings (SSSR count). The van der Waals surface area contributed by atoms with Gasteiger partial charge in [-0.15, -0.1) is 0 Å². The predicted octanol–water partition coefficient (Wildman–Crippen LogP) is 4.57. The lowest BCUT2D eigenvalue weighted by Crippen LogP contribution is -2.06. The lowest BCUT2D eigenvalue weighted by Gasteiger charge is -2.15. The van der Waals surface area contributed by atoms with Crippen LogP contribution in [0.5, 0.6) is 17.2 Å². The third kappa shape index (κ3) is 3.69. The van der Waals surface area contributed by atoms with Gasteiger partial charge in [0.15, 0.2) is 5.78 Å². The van der Waals surface area contributed by atoms with E-state index in [2.05, 4.69) is 0 Å². The maximum atomic E-state index is 12.5. The molecule has 0 bridgehead atoms. The molecule has 5 heteroatoms. The lowest BCUT2D eigenvalue weighted by molar-refractivity contribution is 0.104. The number of carbonyl (C=O) groups excluding carboxylic acids is 1. The van der Waals surface area contributed by atoms with E-state index in [1.54, 1.807) is 18.2 Å². The Morgan fingerprint density at radius 3 is 2.68 bits per heavy atom. The average molecular weight is 357 g/mol. The Morgan fingerprint density at radius 1 is 1.16 bits per heavy atom. The number of rotatable bonds is 5. The number of hydrogen-bond acceptors (Lipinski definition) is 4. The van der Waals surface area contributed by atoms with Gasteiger partial charge < -0.3 is 14.2 Å². The fraction of sp³-hybridized carbons (Fsp3) is 0.150. The van der Waals surface area contributed by atoms with Crippen LogP contribution in [-0.4, -0.2) is 26.6 Å². The Labute approximate surface area is 151 Å². The van der Waals surface area contributed by atoms with E-state index < -0.39 is 0 Å². The van der Waals surface area contributed by atoms with Gasteiger partial charge >= 0.3 is 0 Å². The van der Waals surface area contributed by atoms with Gasteiger partial charge in [-0.3, -0.25) is 4.79 Å². The molecule has 0 radical (unpaired) electrons. The average Bonchev–Trinajstić information content (AvgIpc) is 2.65. The lowest BCUT2D eigenvalue weighted by atomic mass is 10.0. The van der Waals surface area contributed by atoms with Crippen molar-refractivity contribution in [2.24, 2.45) is 0 Å². The largest absolute Gasteiger partial charge is 0.496 e. The van der Waals surface area contributed by atoms with Gasteiger partial charge in [-0.1, -0.05) is 35.9 Å². The first-order valence-corrected chi connectivity index (χ1v) is 8.06. The number of ketones is 1. The Morgan fingerprint density at radius 2 is 1.92 bits per heavy atom. The molecule has 1 heterocycles. The molecule has 0 spiro atoms. The molecule has 25 heavy (non-hydrogen) atoms. The number of allylic oxidation sites excluding steroid dienone is 1. The molecule has 0 amide bonds. The molecule has 0 saturated heterocycles. The normalized spacial score (nSPS) is 13.0. The van der Waals surface area contributed by atoms with Gasteiger partial charge in [0.1, 0.15) is 23.9 Å². The number of halogens is 1. The van der Waals surface area contributed by atoms with Crippen molar-refractivity contribution in [3.05, 3.63) is 70.3 Å². The fourth-order valence-corrected chi connectivity index (χ4v) is 2.80.